The van der Waals surface area contributed by atoms with E-state index in [0.29, 0.717) is 18.2 Å². The quantitative estimate of drug-likeness (QED) is 0.796. The zero-order valence-corrected chi connectivity index (χ0v) is 16.0. The Morgan fingerprint density at radius 3 is 2.44 bits per heavy atom. The standard InChI is InChI=1S/C21H34N2O2/c1-4-19-9-17-10-20(13-19,15-21(25,11-17)14-19)18(24)23-7-5-22(6-8-23)12-16(2)3/h17,25H,2,4-15H2,1,3H3. The Morgan fingerprint density at radius 2 is 1.84 bits per heavy atom. The van der Waals surface area contributed by atoms with E-state index in [4.69, 9.17) is 0 Å². The van der Waals surface area contributed by atoms with E-state index in [0.717, 1.165) is 64.8 Å². The highest BCUT2D eigenvalue weighted by Crippen LogP contribution is 2.68. The lowest BCUT2D eigenvalue weighted by Gasteiger charge is -2.65. The van der Waals surface area contributed by atoms with Gasteiger partial charge in [-0.05, 0) is 56.8 Å². The van der Waals surface area contributed by atoms with Crippen molar-refractivity contribution in [1.82, 2.24) is 9.80 Å². The molecular formula is C21H34N2O2. The van der Waals surface area contributed by atoms with Crippen LogP contribution in [0.15, 0.2) is 12.2 Å². The number of aliphatic hydroxyl groups is 1. The predicted molar refractivity (Wildman–Crippen MR) is 99.1 cm³/mol. The van der Waals surface area contributed by atoms with Gasteiger partial charge < -0.3 is 10.0 Å². The van der Waals surface area contributed by atoms with E-state index < -0.39 is 5.60 Å². The first kappa shape index (κ1) is 17.5. The number of carbonyl (C=O) groups is 1. The van der Waals surface area contributed by atoms with Gasteiger partial charge >= 0.3 is 0 Å². The van der Waals surface area contributed by atoms with Crippen LogP contribution in [0, 0.1) is 16.7 Å². The minimum Gasteiger partial charge on any atom is -0.390 e. The van der Waals surface area contributed by atoms with Crippen LogP contribution in [0.2, 0.25) is 0 Å². The van der Waals surface area contributed by atoms with Crippen LogP contribution in [-0.2, 0) is 4.79 Å². The third-order valence-corrected chi connectivity index (χ3v) is 7.51. The smallest absolute Gasteiger partial charge is 0.229 e. The van der Waals surface area contributed by atoms with Gasteiger partial charge in [0.15, 0.2) is 0 Å². The Kier molecular flexibility index (Phi) is 4.08. The highest BCUT2D eigenvalue weighted by atomic mass is 16.3. The number of piperazine rings is 1. The number of nitrogens with zero attached hydrogens (tertiary/aromatic N) is 2. The molecule has 4 nitrogen and oxygen atoms in total. The first-order valence-electron chi connectivity index (χ1n) is 10.2. The summed E-state index contributed by atoms with van der Waals surface area (Å²) < 4.78 is 0. The Hall–Kier alpha value is -0.870. The normalized spacial score (nSPS) is 43.5. The molecule has 0 radical (unpaired) electrons. The molecular weight excluding hydrogens is 312 g/mol. The molecule has 1 N–H and O–H groups in total. The molecule has 5 aliphatic rings. The first-order chi connectivity index (χ1) is 11.8. The molecule has 0 aromatic rings. The summed E-state index contributed by atoms with van der Waals surface area (Å²) >= 11 is 0. The van der Waals surface area contributed by atoms with Crippen molar-refractivity contribution in [2.24, 2.45) is 16.7 Å². The van der Waals surface area contributed by atoms with E-state index in [9.17, 15) is 9.90 Å². The third-order valence-electron chi connectivity index (χ3n) is 7.51. The summed E-state index contributed by atoms with van der Waals surface area (Å²) in [4.78, 5) is 18.1. The van der Waals surface area contributed by atoms with Crippen LogP contribution in [0.25, 0.3) is 0 Å². The SMILES string of the molecule is C=C(C)CN1CCN(C(=O)C23CC4CC(O)(CC(CC)(C4)C2)C3)CC1. The molecule has 4 heteroatoms. The molecule has 140 valence electrons. The third kappa shape index (κ3) is 2.95. The van der Waals surface area contributed by atoms with Crippen molar-refractivity contribution in [1.29, 1.82) is 0 Å². The molecule has 25 heavy (non-hydrogen) atoms. The molecule has 4 bridgehead atoms. The number of hydrogen-bond acceptors (Lipinski definition) is 3. The second kappa shape index (κ2) is 5.82. The van der Waals surface area contributed by atoms with Gasteiger partial charge in [-0.1, -0.05) is 25.5 Å². The topological polar surface area (TPSA) is 43.8 Å². The van der Waals surface area contributed by atoms with Crippen LogP contribution < -0.4 is 0 Å². The summed E-state index contributed by atoms with van der Waals surface area (Å²) in [6.45, 7) is 12.8. The Balaban J connectivity index is 1.50. The maximum absolute atomic E-state index is 13.6. The molecule has 5 rings (SSSR count). The van der Waals surface area contributed by atoms with Crippen LogP contribution in [0.1, 0.15) is 58.8 Å². The van der Waals surface area contributed by atoms with Gasteiger partial charge in [0.1, 0.15) is 0 Å². The van der Waals surface area contributed by atoms with E-state index in [1.54, 1.807) is 0 Å². The lowest BCUT2D eigenvalue weighted by molar-refractivity contribution is -0.210. The summed E-state index contributed by atoms with van der Waals surface area (Å²) in [5, 5.41) is 11.2. The second-order valence-electron chi connectivity index (χ2n) is 9.89. The maximum atomic E-state index is 13.6. The Labute approximate surface area is 152 Å². The fourth-order valence-electron chi connectivity index (χ4n) is 7.04. The fourth-order valence-corrected chi connectivity index (χ4v) is 7.04. The Bertz CT molecular complexity index is 582. The number of carbonyl (C=O) groups excluding carboxylic acids is 1. The van der Waals surface area contributed by atoms with Gasteiger partial charge in [-0.3, -0.25) is 9.69 Å². The lowest BCUT2D eigenvalue weighted by Crippen LogP contribution is -2.65. The van der Waals surface area contributed by atoms with E-state index >= 15 is 0 Å². The molecule has 4 saturated carbocycles. The average molecular weight is 347 g/mol. The van der Waals surface area contributed by atoms with Gasteiger partial charge in [-0.2, -0.15) is 0 Å². The largest absolute Gasteiger partial charge is 0.390 e. The van der Waals surface area contributed by atoms with Crippen molar-refractivity contribution < 1.29 is 9.90 Å². The molecule has 1 saturated heterocycles. The molecule has 5 fully saturated rings. The van der Waals surface area contributed by atoms with Crippen molar-refractivity contribution in [3.05, 3.63) is 12.2 Å². The summed E-state index contributed by atoms with van der Waals surface area (Å²) in [6, 6.07) is 0. The van der Waals surface area contributed by atoms with Crippen LogP contribution in [-0.4, -0.2) is 59.1 Å². The van der Waals surface area contributed by atoms with Crippen molar-refractivity contribution in [2.45, 2.75) is 64.4 Å². The molecule has 1 aliphatic heterocycles. The summed E-state index contributed by atoms with van der Waals surface area (Å²) in [6.07, 6.45) is 6.93. The fraction of sp³-hybridized carbons (Fsp3) is 0.857. The summed E-state index contributed by atoms with van der Waals surface area (Å²) in [7, 11) is 0. The van der Waals surface area contributed by atoms with Crippen molar-refractivity contribution in [3.63, 3.8) is 0 Å². The molecule has 4 atom stereocenters. The Morgan fingerprint density at radius 1 is 1.12 bits per heavy atom. The van der Waals surface area contributed by atoms with Gasteiger partial charge in [0, 0.05) is 32.7 Å². The highest BCUT2D eigenvalue weighted by molar-refractivity contribution is 5.83. The highest BCUT2D eigenvalue weighted by Gasteiger charge is 2.65. The second-order valence-corrected chi connectivity index (χ2v) is 9.89. The average Bonchev–Trinajstić information content (AvgIpc) is 2.52. The van der Waals surface area contributed by atoms with E-state index in [-0.39, 0.29) is 10.8 Å². The summed E-state index contributed by atoms with van der Waals surface area (Å²) in [5.41, 5.74) is 0.548. The number of hydrogen-bond donors (Lipinski definition) is 1. The number of rotatable bonds is 4. The number of amides is 1. The van der Waals surface area contributed by atoms with Gasteiger partial charge in [-0.25, -0.2) is 0 Å². The van der Waals surface area contributed by atoms with Crippen LogP contribution in [0.5, 0.6) is 0 Å². The van der Waals surface area contributed by atoms with Crippen molar-refractivity contribution in [3.8, 4) is 0 Å². The van der Waals surface area contributed by atoms with Gasteiger partial charge in [-0.15, -0.1) is 0 Å². The van der Waals surface area contributed by atoms with Crippen LogP contribution in [0.3, 0.4) is 0 Å². The molecule has 0 aromatic carbocycles. The zero-order chi connectivity index (χ0) is 17.9. The van der Waals surface area contributed by atoms with E-state index in [2.05, 4.69) is 30.2 Å². The predicted octanol–water partition coefficient (Wildman–Crippen LogP) is 2.82. The van der Waals surface area contributed by atoms with Crippen molar-refractivity contribution >= 4 is 5.91 Å². The zero-order valence-electron chi connectivity index (χ0n) is 16.0. The lowest BCUT2D eigenvalue weighted by atomic mass is 9.42. The van der Waals surface area contributed by atoms with E-state index in [1.165, 1.54) is 12.0 Å². The van der Waals surface area contributed by atoms with Crippen LogP contribution >= 0.6 is 0 Å². The van der Waals surface area contributed by atoms with Gasteiger partial charge in [0.2, 0.25) is 5.91 Å². The first-order valence-corrected chi connectivity index (χ1v) is 10.2. The molecule has 1 heterocycles. The minimum atomic E-state index is -0.577. The molecule has 4 aliphatic carbocycles. The molecule has 0 spiro atoms. The van der Waals surface area contributed by atoms with Gasteiger partial charge in [0.05, 0.1) is 11.0 Å². The summed E-state index contributed by atoms with van der Waals surface area (Å²) in [5.74, 6) is 0.901. The molecule has 1 amide bonds. The molecule has 0 aromatic heterocycles. The minimum absolute atomic E-state index is 0.214. The molecule has 4 unspecified atom stereocenters. The van der Waals surface area contributed by atoms with Crippen molar-refractivity contribution in [2.75, 3.05) is 32.7 Å². The maximum Gasteiger partial charge on any atom is 0.229 e. The monoisotopic (exact) mass is 346 g/mol. The van der Waals surface area contributed by atoms with E-state index in [1.807, 2.05) is 0 Å². The van der Waals surface area contributed by atoms with Crippen LogP contribution in [0.4, 0.5) is 0 Å². The van der Waals surface area contributed by atoms with Gasteiger partial charge in [0.25, 0.3) is 0 Å².